The number of carbonyl (C=O) groups excluding carboxylic acids is 2. The van der Waals surface area contributed by atoms with E-state index in [9.17, 15) is 9.59 Å². The number of likely N-dealkylation sites (tertiary alicyclic amines) is 1. The third-order valence-corrected chi connectivity index (χ3v) is 4.90. The van der Waals surface area contributed by atoms with E-state index in [2.05, 4.69) is 46.7 Å². The maximum absolute atomic E-state index is 12.2. The van der Waals surface area contributed by atoms with E-state index < -0.39 is 0 Å². The van der Waals surface area contributed by atoms with Crippen LogP contribution in [0, 0.1) is 5.92 Å². The molecule has 5 heteroatoms. The van der Waals surface area contributed by atoms with Gasteiger partial charge in [0.2, 0.25) is 11.8 Å². The van der Waals surface area contributed by atoms with Crippen molar-refractivity contribution in [3.63, 3.8) is 0 Å². The molecule has 1 aliphatic rings. The molecule has 1 fully saturated rings. The van der Waals surface area contributed by atoms with Gasteiger partial charge in [0.1, 0.15) is 0 Å². The highest BCUT2D eigenvalue weighted by molar-refractivity contribution is 5.77. The summed E-state index contributed by atoms with van der Waals surface area (Å²) in [4.78, 5) is 25.8. The molecule has 1 atom stereocenters. The smallest absolute Gasteiger partial charge is 0.233 e. The zero-order chi connectivity index (χ0) is 18.1. The van der Waals surface area contributed by atoms with E-state index in [1.165, 1.54) is 5.56 Å². The molecule has 0 radical (unpaired) electrons. The summed E-state index contributed by atoms with van der Waals surface area (Å²) in [5.41, 5.74) is 1.33. The summed E-state index contributed by atoms with van der Waals surface area (Å²) in [7, 11) is 1.66. The number of nitrogens with zero attached hydrogens (tertiary/aromatic N) is 1. The Hall–Kier alpha value is -1.88. The summed E-state index contributed by atoms with van der Waals surface area (Å²) >= 11 is 0. The van der Waals surface area contributed by atoms with Crippen LogP contribution in [0.5, 0.6) is 0 Å². The fourth-order valence-corrected chi connectivity index (χ4v) is 3.28. The van der Waals surface area contributed by atoms with Gasteiger partial charge in [-0.05, 0) is 37.2 Å². The molecule has 1 saturated heterocycles. The fraction of sp³-hybridized carbons (Fsp3) is 0.600. The van der Waals surface area contributed by atoms with Crippen molar-refractivity contribution in [3.8, 4) is 0 Å². The van der Waals surface area contributed by atoms with Gasteiger partial charge in [0, 0.05) is 32.6 Å². The van der Waals surface area contributed by atoms with Gasteiger partial charge in [0.05, 0.1) is 6.54 Å². The second-order valence-electron chi connectivity index (χ2n) is 7.12. The molecule has 0 spiro atoms. The van der Waals surface area contributed by atoms with Gasteiger partial charge in [0.25, 0.3) is 0 Å². The molecule has 138 valence electrons. The second kappa shape index (κ2) is 10.2. The number of hydrogen-bond donors (Lipinski definition) is 2. The van der Waals surface area contributed by atoms with Gasteiger partial charge in [0.15, 0.2) is 0 Å². The lowest BCUT2D eigenvalue weighted by atomic mass is 9.97. The first kappa shape index (κ1) is 19.4. The highest BCUT2D eigenvalue weighted by Gasteiger charge is 2.22. The molecular weight excluding hydrogens is 314 g/mol. The summed E-state index contributed by atoms with van der Waals surface area (Å²) < 4.78 is 0. The summed E-state index contributed by atoms with van der Waals surface area (Å²) in [5.74, 6) is 0.591. The van der Waals surface area contributed by atoms with E-state index in [1.807, 2.05) is 6.07 Å². The number of aryl methyl sites for hydroxylation is 1. The van der Waals surface area contributed by atoms with Gasteiger partial charge >= 0.3 is 0 Å². The van der Waals surface area contributed by atoms with Crippen LogP contribution < -0.4 is 10.6 Å². The Morgan fingerprint density at radius 1 is 1.16 bits per heavy atom. The second-order valence-corrected chi connectivity index (χ2v) is 7.12. The number of piperidine rings is 1. The van der Waals surface area contributed by atoms with Crippen LogP contribution in [0.3, 0.4) is 0 Å². The standard InChI is InChI=1S/C20H31N3O2/c1-16(8-9-17-6-4-3-5-7-17)14-19(24)22-18-10-12-23(13-11-18)15-20(25)21-2/h3-7,16,18H,8-15H2,1-2H3,(H,21,25)(H,22,24)/t16-/m0/s1. The molecule has 0 saturated carbocycles. The lowest BCUT2D eigenvalue weighted by molar-refractivity contribution is -0.124. The lowest BCUT2D eigenvalue weighted by Crippen LogP contribution is -2.47. The SMILES string of the molecule is CNC(=O)CN1CCC(NC(=O)C[C@@H](C)CCc2ccccc2)CC1. The predicted octanol–water partition coefficient (Wildman–Crippen LogP) is 1.97. The molecule has 2 rings (SSSR count). The quantitative estimate of drug-likeness (QED) is 0.757. The minimum Gasteiger partial charge on any atom is -0.358 e. The highest BCUT2D eigenvalue weighted by Crippen LogP contribution is 2.14. The lowest BCUT2D eigenvalue weighted by Gasteiger charge is -2.32. The van der Waals surface area contributed by atoms with Crippen LogP contribution in [0.1, 0.15) is 38.2 Å². The van der Waals surface area contributed by atoms with Crippen molar-refractivity contribution in [2.75, 3.05) is 26.7 Å². The van der Waals surface area contributed by atoms with E-state index in [1.54, 1.807) is 7.05 Å². The first-order valence-electron chi connectivity index (χ1n) is 9.33. The molecule has 2 N–H and O–H groups in total. The molecule has 0 bridgehead atoms. The molecule has 5 nitrogen and oxygen atoms in total. The van der Waals surface area contributed by atoms with Gasteiger partial charge in [-0.3, -0.25) is 14.5 Å². The fourth-order valence-electron chi connectivity index (χ4n) is 3.28. The molecule has 1 aliphatic heterocycles. The molecule has 1 aromatic rings. The Bertz CT molecular complexity index is 539. The monoisotopic (exact) mass is 345 g/mol. The van der Waals surface area contributed by atoms with Crippen molar-refractivity contribution in [1.29, 1.82) is 0 Å². The van der Waals surface area contributed by atoms with Crippen LogP contribution in [-0.4, -0.2) is 49.4 Å². The molecule has 2 amide bonds. The zero-order valence-corrected chi connectivity index (χ0v) is 15.5. The minimum atomic E-state index is 0.0507. The van der Waals surface area contributed by atoms with Gasteiger partial charge in [-0.1, -0.05) is 37.3 Å². The number of carbonyl (C=O) groups is 2. The Morgan fingerprint density at radius 2 is 1.84 bits per heavy atom. The number of likely N-dealkylation sites (N-methyl/N-ethyl adjacent to an activating group) is 1. The molecule has 0 unspecified atom stereocenters. The van der Waals surface area contributed by atoms with Crippen LogP contribution in [0.4, 0.5) is 0 Å². The summed E-state index contributed by atoms with van der Waals surface area (Å²) in [6, 6.07) is 10.7. The van der Waals surface area contributed by atoms with Crippen molar-refractivity contribution >= 4 is 11.8 Å². The molecule has 0 aliphatic carbocycles. The van der Waals surface area contributed by atoms with Crippen molar-refractivity contribution in [3.05, 3.63) is 35.9 Å². The Kier molecular flexibility index (Phi) is 7.92. The van der Waals surface area contributed by atoms with Gasteiger partial charge in [-0.15, -0.1) is 0 Å². The molecule has 0 aromatic heterocycles. The molecule has 25 heavy (non-hydrogen) atoms. The average Bonchev–Trinajstić information content (AvgIpc) is 2.62. The van der Waals surface area contributed by atoms with E-state index in [-0.39, 0.29) is 17.9 Å². The number of amides is 2. The summed E-state index contributed by atoms with van der Waals surface area (Å²) in [6.45, 7) is 4.33. The molecular formula is C20H31N3O2. The maximum atomic E-state index is 12.2. The number of benzene rings is 1. The number of hydrogen-bond acceptors (Lipinski definition) is 3. The normalized spacial score (nSPS) is 17.0. The van der Waals surface area contributed by atoms with Crippen LogP contribution in [-0.2, 0) is 16.0 Å². The van der Waals surface area contributed by atoms with Gasteiger partial charge < -0.3 is 10.6 Å². The van der Waals surface area contributed by atoms with Crippen molar-refractivity contribution < 1.29 is 9.59 Å². The largest absolute Gasteiger partial charge is 0.358 e. The van der Waals surface area contributed by atoms with E-state index in [0.717, 1.165) is 38.8 Å². The van der Waals surface area contributed by atoms with Crippen LogP contribution in [0.2, 0.25) is 0 Å². The summed E-state index contributed by atoms with van der Waals surface area (Å²) in [6.07, 6.45) is 4.47. The maximum Gasteiger partial charge on any atom is 0.233 e. The Balaban J connectivity index is 1.62. The number of rotatable bonds is 8. The van der Waals surface area contributed by atoms with Crippen molar-refractivity contribution in [2.24, 2.45) is 5.92 Å². The molecule has 1 aromatic carbocycles. The Morgan fingerprint density at radius 3 is 2.48 bits per heavy atom. The predicted molar refractivity (Wildman–Crippen MR) is 100 cm³/mol. The first-order valence-corrected chi connectivity index (χ1v) is 9.33. The van der Waals surface area contributed by atoms with Crippen LogP contribution >= 0.6 is 0 Å². The number of nitrogens with one attached hydrogen (secondary N) is 2. The van der Waals surface area contributed by atoms with Gasteiger partial charge in [-0.2, -0.15) is 0 Å². The highest BCUT2D eigenvalue weighted by atomic mass is 16.2. The van der Waals surface area contributed by atoms with Crippen LogP contribution in [0.15, 0.2) is 30.3 Å². The third kappa shape index (κ3) is 7.26. The topological polar surface area (TPSA) is 61.4 Å². The first-order chi connectivity index (χ1) is 12.1. The van der Waals surface area contributed by atoms with Crippen molar-refractivity contribution in [1.82, 2.24) is 15.5 Å². The minimum absolute atomic E-state index is 0.0507. The van der Waals surface area contributed by atoms with E-state index in [4.69, 9.17) is 0 Å². The Labute approximate surface area is 151 Å². The van der Waals surface area contributed by atoms with Crippen molar-refractivity contribution in [2.45, 2.75) is 45.1 Å². The van der Waals surface area contributed by atoms with Crippen LogP contribution in [0.25, 0.3) is 0 Å². The van der Waals surface area contributed by atoms with E-state index in [0.29, 0.717) is 18.9 Å². The summed E-state index contributed by atoms with van der Waals surface area (Å²) in [5, 5.41) is 5.82. The third-order valence-electron chi connectivity index (χ3n) is 4.90. The van der Waals surface area contributed by atoms with E-state index >= 15 is 0 Å². The zero-order valence-electron chi connectivity index (χ0n) is 15.5. The molecule has 1 heterocycles. The average molecular weight is 345 g/mol. The van der Waals surface area contributed by atoms with Gasteiger partial charge in [-0.25, -0.2) is 0 Å².